The fourth-order valence-corrected chi connectivity index (χ4v) is 8.94. The van der Waals surface area contributed by atoms with Gasteiger partial charge in [-0.2, -0.15) is 0 Å². The Bertz CT molecular complexity index is 3500. The second kappa shape index (κ2) is 13.3. The van der Waals surface area contributed by atoms with E-state index in [1.807, 2.05) is 30.3 Å². The number of pyridine rings is 1. The van der Waals surface area contributed by atoms with Gasteiger partial charge in [0, 0.05) is 54.7 Å². The monoisotopic (exact) mass is 751 g/mol. The van der Waals surface area contributed by atoms with Crippen molar-refractivity contribution >= 4 is 65.2 Å². The predicted molar refractivity (Wildman–Crippen MR) is 244 cm³/mol. The summed E-state index contributed by atoms with van der Waals surface area (Å²) >= 11 is 0. The largest absolute Gasteiger partial charge is 0.455 e. The Hall–Kier alpha value is -7.95. The van der Waals surface area contributed by atoms with E-state index in [-0.39, 0.29) is 0 Å². The molecule has 0 aliphatic carbocycles. The molecule has 4 heteroatoms. The maximum Gasteiger partial charge on any atom is 0.160 e. The number of para-hydroxylation sites is 2. The Kier molecular flexibility index (Phi) is 7.50. The third kappa shape index (κ3) is 5.34. The summed E-state index contributed by atoms with van der Waals surface area (Å²) in [6.07, 6.45) is 0. The van der Waals surface area contributed by atoms with Crippen LogP contribution in [0.2, 0.25) is 0 Å². The molecular formula is C55H33N3O. The number of hydrogen-bond donors (Lipinski definition) is 0. The lowest BCUT2D eigenvalue weighted by atomic mass is 9.89. The zero-order chi connectivity index (χ0) is 38.9. The van der Waals surface area contributed by atoms with Gasteiger partial charge in [-0.25, -0.2) is 15.0 Å². The summed E-state index contributed by atoms with van der Waals surface area (Å²) < 4.78 is 6.61. The summed E-state index contributed by atoms with van der Waals surface area (Å²) in [6.45, 7) is 0. The van der Waals surface area contributed by atoms with Gasteiger partial charge in [-0.05, 0) is 45.3 Å². The van der Waals surface area contributed by atoms with Crippen LogP contribution in [0.25, 0.3) is 121 Å². The maximum absolute atomic E-state index is 6.61. The van der Waals surface area contributed by atoms with Crippen LogP contribution < -0.4 is 0 Å². The first kappa shape index (κ1) is 33.2. The van der Waals surface area contributed by atoms with Crippen molar-refractivity contribution in [3.63, 3.8) is 0 Å². The second-order valence-corrected chi connectivity index (χ2v) is 15.1. The molecule has 12 rings (SSSR count). The van der Waals surface area contributed by atoms with Crippen LogP contribution in [0.5, 0.6) is 0 Å². The van der Waals surface area contributed by atoms with Crippen LogP contribution in [0.1, 0.15) is 0 Å². The molecule has 0 unspecified atom stereocenters. The van der Waals surface area contributed by atoms with E-state index in [0.29, 0.717) is 5.82 Å². The van der Waals surface area contributed by atoms with E-state index in [9.17, 15) is 0 Å². The van der Waals surface area contributed by atoms with Crippen molar-refractivity contribution in [2.75, 3.05) is 0 Å². The molecule has 274 valence electrons. The summed E-state index contributed by atoms with van der Waals surface area (Å²) in [6, 6.07) is 70.2. The highest BCUT2D eigenvalue weighted by molar-refractivity contribution is 6.24. The van der Waals surface area contributed by atoms with E-state index in [1.54, 1.807) is 0 Å². The van der Waals surface area contributed by atoms with Crippen LogP contribution in [-0.4, -0.2) is 15.0 Å². The highest BCUT2D eigenvalue weighted by Crippen LogP contribution is 2.45. The molecule has 0 atom stereocenters. The second-order valence-electron chi connectivity index (χ2n) is 15.1. The van der Waals surface area contributed by atoms with Crippen molar-refractivity contribution in [3.8, 4) is 56.3 Å². The lowest BCUT2D eigenvalue weighted by molar-refractivity contribution is 0.673. The first-order valence-corrected chi connectivity index (χ1v) is 19.9. The molecule has 9 aromatic carbocycles. The van der Waals surface area contributed by atoms with Gasteiger partial charge >= 0.3 is 0 Å². The minimum atomic E-state index is 0.681. The summed E-state index contributed by atoms with van der Waals surface area (Å²) in [4.78, 5) is 16.3. The molecule has 0 amide bonds. The van der Waals surface area contributed by atoms with Gasteiger partial charge in [-0.3, -0.25) is 0 Å². The van der Waals surface area contributed by atoms with Gasteiger partial charge in [-0.1, -0.05) is 182 Å². The highest BCUT2D eigenvalue weighted by atomic mass is 16.3. The Balaban J connectivity index is 1.13. The van der Waals surface area contributed by atoms with Crippen molar-refractivity contribution in [2.24, 2.45) is 0 Å². The molecule has 0 N–H and O–H groups in total. The topological polar surface area (TPSA) is 51.8 Å². The normalized spacial score (nSPS) is 11.7. The molecule has 0 aliphatic heterocycles. The quantitative estimate of drug-likeness (QED) is 0.164. The summed E-state index contributed by atoms with van der Waals surface area (Å²) in [5.41, 5.74) is 11.4. The number of hydrogen-bond acceptors (Lipinski definition) is 4. The van der Waals surface area contributed by atoms with E-state index < -0.39 is 0 Å². The zero-order valence-electron chi connectivity index (χ0n) is 31.8. The lowest BCUT2D eigenvalue weighted by Crippen LogP contribution is -2.01. The van der Waals surface area contributed by atoms with E-state index in [2.05, 4.69) is 170 Å². The summed E-state index contributed by atoms with van der Waals surface area (Å²) in [5.74, 6) is 0.681. The molecule has 0 fully saturated rings. The average molecular weight is 752 g/mol. The van der Waals surface area contributed by atoms with Crippen molar-refractivity contribution in [1.82, 2.24) is 15.0 Å². The molecule has 0 aliphatic rings. The van der Waals surface area contributed by atoms with Gasteiger partial charge in [0.1, 0.15) is 11.2 Å². The van der Waals surface area contributed by atoms with E-state index in [0.717, 1.165) is 116 Å². The highest BCUT2D eigenvalue weighted by Gasteiger charge is 2.23. The Morgan fingerprint density at radius 1 is 0.322 bits per heavy atom. The maximum atomic E-state index is 6.61. The molecule has 3 aromatic heterocycles. The first-order valence-electron chi connectivity index (χ1n) is 19.9. The van der Waals surface area contributed by atoms with Crippen LogP contribution in [-0.2, 0) is 0 Å². The molecule has 59 heavy (non-hydrogen) atoms. The molecule has 3 heterocycles. The van der Waals surface area contributed by atoms with Crippen LogP contribution in [0, 0.1) is 0 Å². The Morgan fingerprint density at radius 2 is 0.864 bits per heavy atom. The third-order valence-corrected chi connectivity index (χ3v) is 11.7. The van der Waals surface area contributed by atoms with Crippen molar-refractivity contribution in [3.05, 3.63) is 200 Å². The third-order valence-electron chi connectivity index (χ3n) is 11.7. The molecular weight excluding hydrogens is 719 g/mol. The molecule has 0 saturated carbocycles. The number of rotatable bonds is 5. The molecule has 12 aromatic rings. The van der Waals surface area contributed by atoms with Gasteiger partial charge in [0.25, 0.3) is 0 Å². The summed E-state index contributed by atoms with van der Waals surface area (Å²) in [7, 11) is 0. The smallest absolute Gasteiger partial charge is 0.160 e. The van der Waals surface area contributed by atoms with Gasteiger partial charge in [0.05, 0.1) is 22.6 Å². The average Bonchev–Trinajstić information content (AvgIpc) is 3.70. The van der Waals surface area contributed by atoms with Gasteiger partial charge < -0.3 is 4.42 Å². The minimum absolute atomic E-state index is 0.681. The van der Waals surface area contributed by atoms with Gasteiger partial charge in [-0.15, -0.1) is 0 Å². The zero-order valence-corrected chi connectivity index (χ0v) is 31.8. The minimum Gasteiger partial charge on any atom is -0.455 e. The van der Waals surface area contributed by atoms with Crippen molar-refractivity contribution in [2.45, 2.75) is 0 Å². The predicted octanol–water partition coefficient (Wildman–Crippen LogP) is 14.7. The van der Waals surface area contributed by atoms with E-state index in [1.165, 1.54) is 0 Å². The first-order chi connectivity index (χ1) is 29.3. The van der Waals surface area contributed by atoms with Crippen molar-refractivity contribution < 1.29 is 4.42 Å². The summed E-state index contributed by atoms with van der Waals surface area (Å²) in [5, 5.41) is 10.00. The van der Waals surface area contributed by atoms with Crippen LogP contribution in [0.15, 0.2) is 205 Å². The number of nitrogens with zero attached hydrogens (tertiary/aromatic N) is 3. The number of benzene rings is 9. The lowest BCUT2D eigenvalue weighted by Gasteiger charge is -2.19. The molecule has 0 bridgehead atoms. The SMILES string of the molecule is c1ccc(-c2nc(-c3cccc4ccccc34)c(-c3ccc(-c4nc5ccccc5c5c4ccc4c6ccccc6oc45)cc3)c(-c3cccc4ccccc34)n2)cc1. The van der Waals surface area contributed by atoms with E-state index in [4.69, 9.17) is 19.4 Å². The molecule has 0 spiro atoms. The van der Waals surface area contributed by atoms with Crippen LogP contribution in [0.3, 0.4) is 0 Å². The van der Waals surface area contributed by atoms with Gasteiger partial charge in [0.2, 0.25) is 0 Å². The van der Waals surface area contributed by atoms with Crippen LogP contribution >= 0.6 is 0 Å². The molecule has 0 radical (unpaired) electrons. The fraction of sp³-hybridized carbons (Fsp3) is 0. The number of fused-ring (bicyclic) bond motifs is 9. The molecule has 0 saturated heterocycles. The van der Waals surface area contributed by atoms with Crippen molar-refractivity contribution in [1.29, 1.82) is 0 Å². The van der Waals surface area contributed by atoms with Gasteiger partial charge in [0.15, 0.2) is 5.82 Å². The van der Waals surface area contributed by atoms with Crippen LogP contribution in [0.4, 0.5) is 0 Å². The Labute approximate surface area is 339 Å². The fourth-order valence-electron chi connectivity index (χ4n) is 8.94. The van der Waals surface area contributed by atoms with E-state index >= 15 is 0 Å². The molecule has 4 nitrogen and oxygen atoms in total. The Morgan fingerprint density at radius 3 is 1.56 bits per heavy atom. The standard InChI is InChI=1S/C55H33N3O/c1-2-16-38(17-3-1)55-57-52(42-24-12-18-34-14-4-6-20-39(34)42)49(53(58-55)43-25-13-19-35-15-5-7-21-40(35)43)36-28-30-37(31-29-36)51-46-33-32-44-41-22-9-11-27-48(41)59-54(44)50(46)45-23-8-10-26-47(45)56-51/h1-33H. The number of furan rings is 1. The number of aromatic nitrogens is 3.